The molecule has 0 N–H and O–H groups in total. The average molecular weight is 292 g/mol. The van der Waals surface area contributed by atoms with Gasteiger partial charge in [0.1, 0.15) is 0 Å². The number of para-hydroxylation sites is 2. The van der Waals surface area contributed by atoms with Gasteiger partial charge in [-0.1, -0.05) is 36.4 Å². The maximum absolute atomic E-state index is 13.1. The first kappa shape index (κ1) is 13.4. The highest BCUT2D eigenvalue weighted by atomic mass is 16.2. The number of likely N-dealkylation sites (tertiary alicyclic amines) is 1. The van der Waals surface area contributed by atoms with Gasteiger partial charge in [0.05, 0.1) is 11.4 Å². The number of rotatable bonds is 0. The van der Waals surface area contributed by atoms with Crippen molar-refractivity contribution in [3.63, 3.8) is 0 Å². The van der Waals surface area contributed by atoms with E-state index in [0.29, 0.717) is 0 Å². The molecule has 2 aliphatic heterocycles. The Morgan fingerprint density at radius 2 is 1.27 bits per heavy atom. The van der Waals surface area contributed by atoms with E-state index in [-0.39, 0.29) is 6.03 Å². The van der Waals surface area contributed by atoms with Gasteiger partial charge in [-0.3, -0.25) is 4.90 Å². The SMILES string of the molecule is O=C(N1CCCC1)N1c2ccccc2CCc2ccccc21. The molecule has 1 saturated heterocycles. The van der Waals surface area contributed by atoms with E-state index < -0.39 is 0 Å². The number of hydrogen-bond donors (Lipinski definition) is 0. The Kier molecular flexibility index (Phi) is 3.34. The Morgan fingerprint density at radius 1 is 0.773 bits per heavy atom. The quantitative estimate of drug-likeness (QED) is 0.716. The largest absolute Gasteiger partial charge is 0.329 e. The number of amides is 2. The van der Waals surface area contributed by atoms with Crippen LogP contribution in [0.3, 0.4) is 0 Å². The molecule has 0 saturated carbocycles. The standard InChI is InChI=1S/C19H20N2O/c22-19(20-13-5-6-14-20)21-17-9-3-1-7-15(17)11-12-16-8-2-4-10-18(16)21/h1-4,7-10H,5-6,11-14H2. The summed E-state index contributed by atoms with van der Waals surface area (Å²) in [6, 6.07) is 16.7. The molecule has 0 aromatic heterocycles. The van der Waals surface area contributed by atoms with Gasteiger partial charge < -0.3 is 4.90 Å². The van der Waals surface area contributed by atoms with Crippen molar-refractivity contribution in [1.82, 2.24) is 4.90 Å². The molecule has 3 nitrogen and oxygen atoms in total. The summed E-state index contributed by atoms with van der Waals surface area (Å²) in [7, 11) is 0. The first-order valence-corrected chi connectivity index (χ1v) is 8.09. The van der Waals surface area contributed by atoms with Crippen LogP contribution >= 0.6 is 0 Å². The molecule has 0 atom stereocenters. The molecule has 0 bridgehead atoms. The van der Waals surface area contributed by atoms with Crippen LogP contribution in [0.4, 0.5) is 16.2 Å². The van der Waals surface area contributed by atoms with Crippen LogP contribution < -0.4 is 4.90 Å². The summed E-state index contributed by atoms with van der Waals surface area (Å²) in [5, 5.41) is 0. The van der Waals surface area contributed by atoms with Crippen molar-refractivity contribution in [2.75, 3.05) is 18.0 Å². The zero-order chi connectivity index (χ0) is 14.9. The molecule has 1 fully saturated rings. The number of anilines is 2. The third-order valence-corrected chi connectivity index (χ3v) is 4.70. The van der Waals surface area contributed by atoms with Gasteiger partial charge in [0.15, 0.2) is 0 Å². The normalized spacial score (nSPS) is 16.9. The second-order valence-corrected chi connectivity index (χ2v) is 6.07. The lowest BCUT2D eigenvalue weighted by Gasteiger charge is -2.29. The summed E-state index contributed by atoms with van der Waals surface area (Å²) in [6.45, 7) is 1.75. The molecule has 2 aromatic carbocycles. The van der Waals surface area contributed by atoms with E-state index in [2.05, 4.69) is 36.4 Å². The Hall–Kier alpha value is -2.29. The number of aryl methyl sites for hydroxylation is 2. The molecule has 4 rings (SSSR count). The van der Waals surface area contributed by atoms with Crippen molar-refractivity contribution < 1.29 is 4.79 Å². The van der Waals surface area contributed by atoms with Crippen LogP contribution in [0.2, 0.25) is 0 Å². The third-order valence-electron chi connectivity index (χ3n) is 4.70. The molecular weight excluding hydrogens is 272 g/mol. The summed E-state index contributed by atoms with van der Waals surface area (Å²) in [5.74, 6) is 0. The van der Waals surface area contributed by atoms with Gasteiger partial charge in [-0.25, -0.2) is 4.79 Å². The Balaban J connectivity index is 1.85. The van der Waals surface area contributed by atoms with Crippen LogP contribution in [-0.2, 0) is 12.8 Å². The number of benzene rings is 2. The molecular formula is C19H20N2O. The highest BCUT2D eigenvalue weighted by Crippen LogP contribution is 2.37. The van der Waals surface area contributed by atoms with E-state index in [9.17, 15) is 4.79 Å². The highest BCUT2D eigenvalue weighted by molar-refractivity contribution is 6.01. The molecule has 0 spiro atoms. The number of urea groups is 1. The van der Waals surface area contributed by atoms with Gasteiger partial charge in [0, 0.05) is 13.1 Å². The van der Waals surface area contributed by atoms with Gasteiger partial charge in [-0.2, -0.15) is 0 Å². The number of fused-ring (bicyclic) bond motifs is 2. The monoisotopic (exact) mass is 292 g/mol. The summed E-state index contributed by atoms with van der Waals surface area (Å²) in [6.07, 6.45) is 4.19. The predicted molar refractivity (Wildman–Crippen MR) is 88.6 cm³/mol. The molecule has 2 aromatic rings. The molecule has 112 valence electrons. The minimum Gasteiger partial charge on any atom is -0.324 e. The third kappa shape index (κ3) is 2.17. The Bertz CT molecular complexity index is 657. The van der Waals surface area contributed by atoms with Crippen molar-refractivity contribution in [2.24, 2.45) is 0 Å². The minimum atomic E-state index is 0.124. The zero-order valence-corrected chi connectivity index (χ0v) is 12.7. The molecule has 0 unspecified atom stereocenters. The fourth-order valence-electron chi connectivity index (χ4n) is 3.54. The van der Waals surface area contributed by atoms with E-state index in [4.69, 9.17) is 0 Å². The molecule has 0 aliphatic carbocycles. The van der Waals surface area contributed by atoms with E-state index in [1.165, 1.54) is 11.1 Å². The molecule has 0 radical (unpaired) electrons. The van der Waals surface area contributed by atoms with Gasteiger partial charge in [0.2, 0.25) is 0 Å². The van der Waals surface area contributed by atoms with Gasteiger partial charge in [-0.15, -0.1) is 0 Å². The first-order chi connectivity index (χ1) is 10.8. The lowest BCUT2D eigenvalue weighted by molar-refractivity contribution is 0.218. The molecule has 2 amide bonds. The zero-order valence-electron chi connectivity index (χ0n) is 12.7. The van der Waals surface area contributed by atoms with E-state index in [1.807, 2.05) is 21.9 Å². The van der Waals surface area contributed by atoms with Crippen LogP contribution in [0.5, 0.6) is 0 Å². The fourth-order valence-corrected chi connectivity index (χ4v) is 3.54. The predicted octanol–water partition coefficient (Wildman–Crippen LogP) is 4.14. The van der Waals surface area contributed by atoms with Crippen LogP contribution in [0.25, 0.3) is 0 Å². The van der Waals surface area contributed by atoms with Crippen LogP contribution in [-0.4, -0.2) is 24.0 Å². The first-order valence-electron chi connectivity index (χ1n) is 8.09. The summed E-state index contributed by atoms with van der Waals surface area (Å²) < 4.78 is 0. The van der Waals surface area contributed by atoms with Crippen LogP contribution in [0, 0.1) is 0 Å². The molecule has 3 heteroatoms. The van der Waals surface area contributed by atoms with E-state index in [0.717, 1.165) is 50.1 Å². The second kappa shape index (κ2) is 5.48. The second-order valence-electron chi connectivity index (χ2n) is 6.07. The van der Waals surface area contributed by atoms with Gasteiger partial charge in [0.25, 0.3) is 0 Å². The molecule has 2 heterocycles. The summed E-state index contributed by atoms with van der Waals surface area (Å²) in [4.78, 5) is 17.0. The molecule has 22 heavy (non-hydrogen) atoms. The van der Waals surface area contributed by atoms with Gasteiger partial charge >= 0.3 is 6.03 Å². The lowest BCUT2D eigenvalue weighted by atomic mass is 10.0. The summed E-state index contributed by atoms with van der Waals surface area (Å²) >= 11 is 0. The number of carbonyl (C=O) groups is 1. The van der Waals surface area contributed by atoms with Crippen LogP contribution in [0.15, 0.2) is 48.5 Å². The average Bonchev–Trinajstić information content (AvgIpc) is 3.04. The number of carbonyl (C=O) groups excluding carboxylic acids is 1. The number of hydrogen-bond acceptors (Lipinski definition) is 1. The minimum absolute atomic E-state index is 0.124. The highest BCUT2D eigenvalue weighted by Gasteiger charge is 2.30. The van der Waals surface area contributed by atoms with E-state index >= 15 is 0 Å². The van der Waals surface area contributed by atoms with Gasteiger partial charge in [-0.05, 0) is 48.9 Å². The topological polar surface area (TPSA) is 23.6 Å². The van der Waals surface area contributed by atoms with Crippen molar-refractivity contribution in [2.45, 2.75) is 25.7 Å². The maximum Gasteiger partial charge on any atom is 0.329 e. The maximum atomic E-state index is 13.1. The van der Waals surface area contributed by atoms with Crippen molar-refractivity contribution in [3.05, 3.63) is 59.7 Å². The van der Waals surface area contributed by atoms with Crippen molar-refractivity contribution >= 4 is 17.4 Å². The summed E-state index contributed by atoms with van der Waals surface area (Å²) in [5.41, 5.74) is 4.60. The Morgan fingerprint density at radius 3 is 1.82 bits per heavy atom. The van der Waals surface area contributed by atoms with Crippen molar-refractivity contribution in [1.29, 1.82) is 0 Å². The van der Waals surface area contributed by atoms with E-state index in [1.54, 1.807) is 0 Å². The molecule has 2 aliphatic rings. The number of nitrogens with zero attached hydrogens (tertiary/aromatic N) is 2. The van der Waals surface area contributed by atoms with Crippen molar-refractivity contribution in [3.8, 4) is 0 Å². The smallest absolute Gasteiger partial charge is 0.324 e. The fraction of sp³-hybridized carbons (Fsp3) is 0.316. The lowest BCUT2D eigenvalue weighted by Crippen LogP contribution is -2.39. The van der Waals surface area contributed by atoms with Crippen LogP contribution in [0.1, 0.15) is 24.0 Å². The Labute approximate surface area is 131 Å².